The van der Waals surface area contributed by atoms with Crippen LogP contribution in [0.25, 0.3) is 0 Å². The summed E-state index contributed by atoms with van der Waals surface area (Å²) in [5.74, 6) is -0.144. The summed E-state index contributed by atoms with van der Waals surface area (Å²) in [6.45, 7) is 0.433. The fourth-order valence-corrected chi connectivity index (χ4v) is 3.87. The zero-order chi connectivity index (χ0) is 16.2. The van der Waals surface area contributed by atoms with Crippen LogP contribution in [0, 0.1) is 0 Å². The van der Waals surface area contributed by atoms with Crippen molar-refractivity contribution in [2.45, 2.75) is 12.6 Å². The molecule has 1 aromatic carbocycles. The van der Waals surface area contributed by atoms with Crippen LogP contribution in [0.2, 0.25) is 5.02 Å². The van der Waals surface area contributed by atoms with Crippen LogP contribution in [0.5, 0.6) is 0 Å². The van der Waals surface area contributed by atoms with Crippen molar-refractivity contribution in [3.8, 4) is 0 Å². The Bertz CT molecular complexity index is 781. The highest BCUT2D eigenvalue weighted by Crippen LogP contribution is 2.29. The summed E-state index contributed by atoms with van der Waals surface area (Å²) in [6.07, 6.45) is -0.605. The van der Waals surface area contributed by atoms with E-state index >= 15 is 0 Å². The smallest absolute Gasteiger partial charge is 0.251 e. The van der Waals surface area contributed by atoms with Crippen molar-refractivity contribution < 1.29 is 9.90 Å². The monoisotopic (exact) mass is 363 g/mol. The van der Waals surface area contributed by atoms with E-state index in [0.717, 1.165) is 15.3 Å². The Morgan fingerprint density at radius 1 is 1.17 bits per heavy atom. The number of carbonyl (C=O) groups is 1. The first-order valence-corrected chi connectivity index (χ1v) is 9.10. The average Bonchev–Trinajstić information content (AvgIpc) is 3.24. The van der Waals surface area contributed by atoms with E-state index in [2.05, 4.69) is 5.32 Å². The lowest BCUT2D eigenvalue weighted by Crippen LogP contribution is -2.22. The van der Waals surface area contributed by atoms with E-state index in [9.17, 15) is 9.90 Å². The molecule has 0 bridgehead atoms. The first-order chi connectivity index (χ1) is 11.1. The van der Waals surface area contributed by atoms with Crippen LogP contribution < -0.4 is 5.32 Å². The molecule has 0 saturated carbocycles. The van der Waals surface area contributed by atoms with E-state index in [0.29, 0.717) is 17.1 Å². The van der Waals surface area contributed by atoms with Gasteiger partial charge in [-0.2, -0.15) is 11.3 Å². The molecule has 1 unspecified atom stereocenters. The van der Waals surface area contributed by atoms with Gasteiger partial charge < -0.3 is 10.4 Å². The highest BCUT2D eigenvalue weighted by Gasteiger charge is 2.14. The number of halogens is 1. The van der Waals surface area contributed by atoms with E-state index in [1.54, 1.807) is 35.6 Å². The molecule has 0 aliphatic heterocycles. The Hall–Kier alpha value is -1.66. The molecule has 1 amide bonds. The number of aliphatic hydroxyl groups excluding tert-OH is 1. The van der Waals surface area contributed by atoms with E-state index in [1.807, 2.05) is 29.0 Å². The van der Waals surface area contributed by atoms with Gasteiger partial charge in [-0.3, -0.25) is 4.79 Å². The lowest BCUT2D eigenvalue weighted by atomic mass is 10.2. The molecule has 0 saturated heterocycles. The van der Waals surface area contributed by atoms with Crippen LogP contribution in [0.4, 0.5) is 0 Å². The molecule has 0 aliphatic rings. The number of aliphatic hydroxyl groups is 1. The Labute approximate surface area is 147 Å². The number of thiophene rings is 2. The zero-order valence-corrected chi connectivity index (χ0v) is 14.4. The molecule has 6 heteroatoms. The fraction of sp³-hybridized carbons (Fsp3) is 0.118. The lowest BCUT2D eigenvalue weighted by molar-refractivity contribution is 0.0951. The molecular weight excluding hydrogens is 350 g/mol. The van der Waals surface area contributed by atoms with Crippen molar-refractivity contribution in [3.63, 3.8) is 0 Å². The predicted octanol–water partition coefficient (Wildman–Crippen LogP) is 4.47. The third-order valence-corrected chi connectivity index (χ3v) is 5.43. The molecule has 0 aliphatic carbocycles. The van der Waals surface area contributed by atoms with E-state index in [1.165, 1.54) is 11.3 Å². The van der Waals surface area contributed by atoms with Crippen LogP contribution in [0.1, 0.15) is 31.8 Å². The number of hydrogen-bond acceptors (Lipinski definition) is 4. The number of hydrogen-bond donors (Lipinski definition) is 2. The molecule has 23 heavy (non-hydrogen) atoms. The number of nitrogens with one attached hydrogen (secondary N) is 1. The minimum atomic E-state index is -0.605. The number of rotatable bonds is 5. The minimum Gasteiger partial charge on any atom is -0.383 e. The summed E-state index contributed by atoms with van der Waals surface area (Å²) in [5.41, 5.74) is 1.47. The largest absolute Gasteiger partial charge is 0.383 e. The van der Waals surface area contributed by atoms with Crippen LogP contribution in [-0.4, -0.2) is 11.0 Å². The Morgan fingerprint density at radius 3 is 2.65 bits per heavy atom. The maximum Gasteiger partial charge on any atom is 0.251 e. The van der Waals surface area contributed by atoms with Gasteiger partial charge in [0.15, 0.2) is 0 Å². The second-order valence-electron chi connectivity index (χ2n) is 4.95. The van der Waals surface area contributed by atoms with Crippen molar-refractivity contribution >= 4 is 40.2 Å². The minimum absolute atomic E-state index is 0.144. The number of carbonyl (C=O) groups excluding carboxylic acids is 1. The van der Waals surface area contributed by atoms with E-state index in [4.69, 9.17) is 11.6 Å². The number of amides is 1. The third kappa shape index (κ3) is 4.00. The maximum absolute atomic E-state index is 12.1. The van der Waals surface area contributed by atoms with Crippen molar-refractivity contribution in [2.24, 2.45) is 0 Å². The summed E-state index contributed by atoms with van der Waals surface area (Å²) in [5, 5.41) is 17.6. The van der Waals surface area contributed by atoms with Crippen LogP contribution >= 0.6 is 34.3 Å². The van der Waals surface area contributed by atoms with Gasteiger partial charge in [0.05, 0.1) is 6.54 Å². The zero-order valence-electron chi connectivity index (χ0n) is 12.0. The van der Waals surface area contributed by atoms with Crippen molar-refractivity contribution in [3.05, 3.63) is 79.1 Å². The first kappa shape index (κ1) is 16.2. The first-order valence-electron chi connectivity index (χ1n) is 6.96. The van der Waals surface area contributed by atoms with Gasteiger partial charge in [0.25, 0.3) is 5.91 Å². The average molecular weight is 364 g/mol. The molecule has 2 N–H and O–H groups in total. The van der Waals surface area contributed by atoms with E-state index in [-0.39, 0.29) is 5.91 Å². The van der Waals surface area contributed by atoms with Crippen LogP contribution in [0.3, 0.4) is 0 Å². The topological polar surface area (TPSA) is 49.3 Å². The molecule has 2 aromatic heterocycles. The SMILES string of the molecule is O=C(NCc1ccc(C(O)c2ccsc2)s1)c1ccc(Cl)cc1. The van der Waals surface area contributed by atoms with Crippen molar-refractivity contribution in [1.29, 1.82) is 0 Å². The second kappa shape index (κ2) is 7.27. The van der Waals surface area contributed by atoms with Crippen LogP contribution in [0.15, 0.2) is 53.2 Å². The van der Waals surface area contributed by atoms with Gasteiger partial charge in [-0.15, -0.1) is 11.3 Å². The van der Waals surface area contributed by atoms with Gasteiger partial charge >= 0.3 is 0 Å². The van der Waals surface area contributed by atoms with Gasteiger partial charge in [-0.25, -0.2) is 0 Å². The molecule has 3 aromatic rings. The fourth-order valence-electron chi connectivity index (χ4n) is 2.10. The van der Waals surface area contributed by atoms with Gasteiger partial charge in [0.1, 0.15) is 6.10 Å². The van der Waals surface area contributed by atoms with Gasteiger partial charge in [-0.05, 0) is 58.8 Å². The molecular formula is C17H14ClNO2S2. The molecule has 3 nitrogen and oxygen atoms in total. The third-order valence-electron chi connectivity index (χ3n) is 3.34. The summed E-state index contributed by atoms with van der Waals surface area (Å²) >= 11 is 8.87. The summed E-state index contributed by atoms with van der Waals surface area (Å²) in [7, 11) is 0. The summed E-state index contributed by atoms with van der Waals surface area (Å²) in [6, 6.07) is 12.5. The van der Waals surface area contributed by atoms with Gasteiger partial charge in [-0.1, -0.05) is 11.6 Å². The normalized spacial score (nSPS) is 12.1. The molecule has 118 valence electrons. The highest BCUT2D eigenvalue weighted by atomic mass is 35.5. The van der Waals surface area contributed by atoms with Crippen molar-refractivity contribution in [2.75, 3.05) is 0 Å². The van der Waals surface area contributed by atoms with Gasteiger partial charge in [0, 0.05) is 20.3 Å². The Morgan fingerprint density at radius 2 is 1.96 bits per heavy atom. The molecule has 0 fully saturated rings. The molecule has 2 heterocycles. The molecule has 0 spiro atoms. The molecule has 1 atom stereocenters. The predicted molar refractivity (Wildman–Crippen MR) is 95.3 cm³/mol. The standard InChI is InChI=1S/C17H14ClNO2S2/c18-13-3-1-11(2-4-13)17(21)19-9-14-5-6-15(23-14)16(20)12-7-8-22-10-12/h1-8,10,16,20H,9H2,(H,19,21). The quantitative estimate of drug-likeness (QED) is 0.702. The van der Waals surface area contributed by atoms with Crippen LogP contribution in [-0.2, 0) is 6.54 Å². The van der Waals surface area contributed by atoms with Gasteiger partial charge in [0.2, 0.25) is 0 Å². The summed E-state index contributed by atoms with van der Waals surface area (Å²) < 4.78 is 0. The number of benzene rings is 1. The lowest BCUT2D eigenvalue weighted by Gasteiger charge is -2.06. The highest BCUT2D eigenvalue weighted by molar-refractivity contribution is 7.12. The maximum atomic E-state index is 12.1. The Kier molecular flexibility index (Phi) is 5.13. The second-order valence-corrected chi connectivity index (χ2v) is 7.37. The molecule has 3 rings (SSSR count). The van der Waals surface area contributed by atoms with Crippen molar-refractivity contribution in [1.82, 2.24) is 5.32 Å². The van der Waals surface area contributed by atoms with E-state index < -0.39 is 6.10 Å². The molecule has 0 radical (unpaired) electrons. The Balaban J connectivity index is 1.61. The summed E-state index contributed by atoms with van der Waals surface area (Å²) in [4.78, 5) is 13.9.